The largest absolute Gasteiger partial charge is 0.467 e. The van der Waals surface area contributed by atoms with Gasteiger partial charge in [0.2, 0.25) is 0 Å². The second-order valence-electron chi connectivity index (χ2n) is 6.82. The van der Waals surface area contributed by atoms with Crippen molar-refractivity contribution in [1.82, 2.24) is 5.32 Å². The zero-order chi connectivity index (χ0) is 20.2. The molecular formula is C18H23Cl2NO5S. The summed E-state index contributed by atoms with van der Waals surface area (Å²) in [7, 11) is -2.38. The third-order valence-corrected chi connectivity index (χ3v) is 6.62. The number of nitrogens with one attached hydrogen (secondary N) is 1. The molecular weight excluding hydrogens is 413 g/mol. The Labute approximate surface area is 169 Å². The number of ether oxygens (including phenoxy) is 1. The highest BCUT2D eigenvalue weighted by molar-refractivity contribution is 7.90. The van der Waals surface area contributed by atoms with E-state index in [2.05, 4.69) is 5.32 Å². The van der Waals surface area contributed by atoms with Crippen molar-refractivity contribution in [2.75, 3.05) is 13.4 Å². The number of carbonyl (C=O) groups excluding carboxylic acids is 2. The summed E-state index contributed by atoms with van der Waals surface area (Å²) in [5, 5.41) is 2.58. The number of hydrogen-bond acceptors (Lipinski definition) is 5. The minimum Gasteiger partial charge on any atom is -0.467 e. The van der Waals surface area contributed by atoms with Crippen molar-refractivity contribution < 1.29 is 22.7 Å². The first-order chi connectivity index (χ1) is 12.6. The molecule has 0 saturated heterocycles. The molecule has 1 amide bonds. The maximum atomic E-state index is 12.7. The van der Waals surface area contributed by atoms with Crippen LogP contribution in [-0.2, 0) is 19.4 Å². The summed E-state index contributed by atoms with van der Waals surface area (Å²) in [4.78, 5) is 24.6. The Balaban J connectivity index is 2.25. The van der Waals surface area contributed by atoms with Gasteiger partial charge in [-0.15, -0.1) is 0 Å². The van der Waals surface area contributed by atoms with Gasteiger partial charge in [0.05, 0.1) is 27.6 Å². The zero-order valence-corrected chi connectivity index (χ0v) is 17.6. The summed E-state index contributed by atoms with van der Waals surface area (Å²) in [5.41, 5.74) is -0.0564. The van der Waals surface area contributed by atoms with Gasteiger partial charge in [0.15, 0.2) is 9.84 Å². The first-order valence-corrected chi connectivity index (χ1v) is 11.4. The molecule has 1 unspecified atom stereocenters. The van der Waals surface area contributed by atoms with Gasteiger partial charge in [0.1, 0.15) is 6.04 Å². The van der Waals surface area contributed by atoms with Gasteiger partial charge in [-0.25, -0.2) is 13.2 Å². The van der Waals surface area contributed by atoms with E-state index in [0.717, 1.165) is 38.0 Å². The quantitative estimate of drug-likeness (QED) is 0.688. The van der Waals surface area contributed by atoms with Gasteiger partial charge in [0.25, 0.3) is 5.91 Å². The number of halogens is 2. The van der Waals surface area contributed by atoms with Crippen molar-refractivity contribution in [3.05, 3.63) is 27.7 Å². The molecule has 2 rings (SSSR count). The predicted octanol–water partition coefficient (Wildman–Crippen LogP) is 3.64. The van der Waals surface area contributed by atoms with Gasteiger partial charge < -0.3 is 10.1 Å². The standard InChI is InChI=1S/C18H23Cl2NO5S/c1-26-18(23)15(8-11-6-4-3-5-7-11)21-17(22)12-9-16(27(2,24)25)14(20)10-13(12)19/h9-11,15H,3-8H2,1-2H3,(H,21,22). The van der Waals surface area contributed by atoms with Gasteiger partial charge in [-0.1, -0.05) is 55.3 Å². The van der Waals surface area contributed by atoms with Crippen molar-refractivity contribution in [2.24, 2.45) is 5.92 Å². The van der Waals surface area contributed by atoms with E-state index in [0.29, 0.717) is 12.3 Å². The molecule has 0 radical (unpaired) electrons. The predicted molar refractivity (Wildman–Crippen MR) is 104 cm³/mol. The molecule has 0 aromatic heterocycles. The van der Waals surface area contributed by atoms with Gasteiger partial charge in [-0.05, 0) is 24.5 Å². The van der Waals surface area contributed by atoms with Crippen LogP contribution in [0.3, 0.4) is 0 Å². The van der Waals surface area contributed by atoms with E-state index in [1.165, 1.54) is 19.6 Å². The van der Waals surface area contributed by atoms with Gasteiger partial charge in [-0.3, -0.25) is 4.79 Å². The van der Waals surface area contributed by atoms with Crippen molar-refractivity contribution >= 4 is 44.9 Å². The molecule has 0 spiro atoms. The lowest BCUT2D eigenvalue weighted by molar-refractivity contribution is -0.143. The number of esters is 1. The van der Waals surface area contributed by atoms with Crippen LogP contribution >= 0.6 is 23.2 Å². The average Bonchev–Trinajstić information content (AvgIpc) is 2.60. The fourth-order valence-corrected chi connectivity index (χ4v) is 4.97. The lowest BCUT2D eigenvalue weighted by Crippen LogP contribution is -2.43. The molecule has 27 heavy (non-hydrogen) atoms. The van der Waals surface area contributed by atoms with E-state index in [4.69, 9.17) is 27.9 Å². The molecule has 1 N–H and O–H groups in total. The van der Waals surface area contributed by atoms with Crippen LogP contribution in [0.4, 0.5) is 0 Å². The van der Waals surface area contributed by atoms with Crippen LogP contribution in [0.5, 0.6) is 0 Å². The SMILES string of the molecule is COC(=O)C(CC1CCCCC1)NC(=O)c1cc(S(C)(=O)=O)c(Cl)cc1Cl. The maximum Gasteiger partial charge on any atom is 0.328 e. The zero-order valence-electron chi connectivity index (χ0n) is 15.3. The number of rotatable bonds is 6. The molecule has 0 bridgehead atoms. The molecule has 1 aromatic rings. The number of benzene rings is 1. The van der Waals surface area contributed by atoms with E-state index in [1.807, 2.05) is 0 Å². The van der Waals surface area contributed by atoms with Crippen molar-refractivity contribution in [2.45, 2.75) is 49.5 Å². The maximum absolute atomic E-state index is 12.7. The van der Waals surface area contributed by atoms with Gasteiger partial charge >= 0.3 is 5.97 Å². The Morgan fingerprint density at radius 3 is 2.37 bits per heavy atom. The van der Waals surface area contributed by atoms with Gasteiger partial charge in [0, 0.05) is 6.26 Å². The molecule has 0 aliphatic heterocycles. The Morgan fingerprint density at radius 2 is 1.81 bits per heavy atom. The molecule has 6 nitrogen and oxygen atoms in total. The molecule has 1 atom stereocenters. The van der Waals surface area contributed by atoms with Crippen LogP contribution in [0.15, 0.2) is 17.0 Å². The summed E-state index contributed by atoms with van der Waals surface area (Å²) in [6.45, 7) is 0. The number of methoxy groups -OCH3 is 1. The lowest BCUT2D eigenvalue weighted by Gasteiger charge is -2.26. The summed E-state index contributed by atoms with van der Waals surface area (Å²) in [6.07, 6.45) is 6.86. The molecule has 1 aliphatic rings. The fourth-order valence-electron chi connectivity index (χ4n) is 3.34. The highest BCUT2D eigenvalue weighted by atomic mass is 35.5. The molecule has 1 saturated carbocycles. The number of carbonyl (C=O) groups is 2. The average molecular weight is 436 g/mol. The monoisotopic (exact) mass is 435 g/mol. The summed E-state index contributed by atoms with van der Waals surface area (Å²) in [6, 6.07) is 1.52. The highest BCUT2D eigenvalue weighted by Crippen LogP contribution is 2.30. The summed E-state index contributed by atoms with van der Waals surface area (Å²) < 4.78 is 28.5. The van der Waals surface area contributed by atoms with Crippen molar-refractivity contribution in [3.8, 4) is 0 Å². The Bertz CT molecular complexity index is 819. The Kier molecular flexibility index (Phi) is 7.54. The van der Waals surface area contributed by atoms with E-state index in [-0.39, 0.29) is 20.5 Å². The summed E-state index contributed by atoms with van der Waals surface area (Å²) >= 11 is 12.0. The fraction of sp³-hybridized carbons (Fsp3) is 0.556. The normalized spacial score (nSPS) is 16.6. The van der Waals surface area contributed by atoms with Gasteiger partial charge in [-0.2, -0.15) is 0 Å². The second kappa shape index (κ2) is 9.26. The third-order valence-electron chi connectivity index (χ3n) is 4.75. The molecule has 1 aliphatic carbocycles. The minimum atomic E-state index is -3.64. The minimum absolute atomic E-state index is 0.00572. The van der Waals surface area contributed by atoms with E-state index < -0.39 is 27.8 Å². The van der Waals surface area contributed by atoms with Crippen LogP contribution < -0.4 is 5.32 Å². The van der Waals surface area contributed by atoms with Crippen LogP contribution in [0.25, 0.3) is 0 Å². The molecule has 1 fully saturated rings. The molecule has 1 aromatic carbocycles. The topological polar surface area (TPSA) is 89.5 Å². The smallest absolute Gasteiger partial charge is 0.328 e. The number of sulfone groups is 1. The Morgan fingerprint density at radius 1 is 1.19 bits per heavy atom. The van der Waals surface area contributed by atoms with Crippen molar-refractivity contribution in [1.29, 1.82) is 0 Å². The van der Waals surface area contributed by atoms with E-state index >= 15 is 0 Å². The van der Waals surface area contributed by atoms with Crippen LogP contribution in [0.1, 0.15) is 48.9 Å². The Hall–Kier alpha value is -1.31. The van der Waals surface area contributed by atoms with E-state index in [1.54, 1.807) is 0 Å². The first-order valence-electron chi connectivity index (χ1n) is 8.71. The third kappa shape index (κ3) is 5.83. The highest BCUT2D eigenvalue weighted by Gasteiger charge is 2.28. The van der Waals surface area contributed by atoms with Crippen LogP contribution in [0, 0.1) is 5.92 Å². The first kappa shape index (κ1) is 22.0. The van der Waals surface area contributed by atoms with Crippen LogP contribution in [-0.4, -0.2) is 39.7 Å². The molecule has 0 heterocycles. The van der Waals surface area contributed by atoms with E-state index in [9.17, 15) is 18.0 Å². The molecule has 9 heteroatoms. The second-order valence-corrected chi connectivity index (χ2v) is 9.62. The van der Waals surface area contributed by atoms with Crippen molar-refractivity contribution in [3.63, 3.8) is 0 Å². The molecule has 150 valence electrons. The van der Waals surface area contributed by atoms with Crippen LogP contribution in [0.2, 0.25) is 10.0 Å². The lowest BCUT2D eigenvalue weighted by atomic mass is 9.85. The summed E-state index contributed by atoms with van der Waals surface area (Å²) in [5.74, 6) is -0.856. The number of amides is 1. The number of hydrogen-bond donors (Lipinski definition) is 1.